The van der Waals surface area contributed by atoms with E-state index < -0.39 is 12.2 Å². The molecule has 30 heavy (non-hydrogen) atoms. The number of benzene rings is 1. The molecule has 2 heterocycles. The highest BCUT2D eigenvalue weighted by atomic mass is 32.1. The highest BCUT2D eigenvalue weighted by Gasteiger charge is 2.17. The van der Waals surface area contributed by atoms with E-state index in [-0.39, 0.29) is 11.5 Å². The van der Waals surface area contributed by atoms with Gasteiger partial charge in [-0.15, -0.1) is 16.4 Å². The second kappa shape index (κ2) is 10.4. The number of aromatic nitrogens is 4. The zero-order chi connectivity index (χ0) is 21.5. The van der Waals surface area contributed by atoms with Gasteiger partial charge in [-0.05, 0) is 38.5 Å². The molecule has 10 heteroatoms. The molecule has 3 rings (SSSR count). The first-order valence-electron chi connectivity index (χ1n) is 9.63. The molecule has 0 aliphatic carbocycles. The maximum Gasteiger partial charge on any atom is 0.279 e. The quantitative estimate of drug-likeness (QED) is 0.493. The average Bonchev–Trinajstić information content (AvgIpc) is 3.31. The van der Waals surface area contributed by atoms with Crippen molar-refractivity contribution in [2.45, 2.75) is 40.0 Å². The SMILES string of the molecule is CCOC(Cn1cc(C(=O)Nc2nc(C)c(Cc3ccc(F)cc3)s2)nn1)OCC. The van der Waals surface area contributed by atoms with Gasteiger partial charge in [0.2, 0.25) is 0 Å². The van der Waals surface area contributed by atoms with Gasteiger partial charge in [-0.2, -0.15) is 0 Å². The fourth-order valence-corrected chi connectivity index (χ4v) is 3.76. The highest BCUT2D eigenvalue weighted by Crippen LogP contribution is 2.25. The molecular formula is C20H24FN5O3S. The minimum Gasteiger partial charge on any atom is -0.351 e. The number of nitrogens with one attached hydrogen (secondary N) is 1. The van der Waals surface area contributed by atoms with Crippen LogP contribution in [-0.2, 0) is 22.4 Å². The van der Waals surface area contributed by atoms with Gasteiger partial charge in [-0.25, -0.2) is 14.1 Å². The van der Waals surface area contributed by atoms with Crippen molar-refractivity contribution in [3.63, 3.8) is 0 Å². The molecule has 0 atom stereocenters. The first kappa shape index (κ1) is 22.0. The monoisotopic (exact) mass is 433 g/mol. The van der Waals surface area contributed by atoms with Crippen molar-refractivity contribution in [1.29, 1.82) is 0 Å². The Labute approximate surface area is 178 Å². The summed E-state index contributed by atoms with van der Waals surface area (Å²) >= 11 is 1.38. The van der Waals surface area contributed by atoms with Gasteiger partial charge in [0.15, 0.2) is 17.1 Å². The lowest BCUT2D eigenvalue weighted by Crippen LogP contribution is -2.24. The minimum atomic E-state index is -0.451. The first-order valence-corrected chi connectivity index (χ1v) is 10.5. The molecule has 1 amide bonds. The lowest BCUT2D eigenvalue weighted by molar-refractivity contribution is -0.145. The normalized spacial score (nSPS) is 11.2. The van der Waals surface area contributed by atoms with Crippen LogP contribution in [-0.4, -0.2) is 45.4 Å². The smallest absolute Gasteiger partial charge is 0.279 e. The summed E-state index contributed by atoms with van der Waals surface area (Å²) in [7, 11) is 0. The van der Waals surface area contributed by atoms with Crippen molar-refractivity contribution < 1.29 is 18.7 Å². The van der Waals surface area contributed by atoms with Crippen molar-refractivity contribution in [3.05, 3.63) is 58.1 Å². The molecule has 160 valence electrons. The number of nitrogens with zero attached hydrogens (tertiary/aromatic N) is 4. The lowest BCUT2D eigenvalue weighted by Gasteiger charge is -2.16. The van der Waals surface area contributed by atoms with Crippen LogP contribution in [0.25, 0.3) is 0 Å². The van der Waals surface area contributed by atoms with Crippen LogP contribution in [0, 0.1) is 12.7 Å². The average molecular weight is 434 g/mol. The summed E-state index contributed by atoms with van der Waals surface area (Å²) in [6.07, 6.45) is 1.71. The number of anilines is 1. The van der Waals surface area contributed by atoms with Gasteiger partial charge >= 0.3 is 0 Å². The number of rotatable bonds is 10. The zero-order valence-electron chi connectivity index (χ0n) is 17.1. The second-order valence-electron chi connectivity index (χ2n) is 6.45. The largest absolute Gasteiger partial charge is 0.351 e. The number of amides is 1. The van der Waals surface area contributed by atoms with Crippen LogP contribution < -0.4 is 5.32 Å². The van der Waals surface area contributed by atoms with E-state index in [1.165, 1.54) is 28.2 Å². The molecule has 0 aliphatic heterocycles. The summed E-state index contributed by atoms with van der Waals surface area (Å²) in [5.41, 5.74) is 1.97. The molecule has 8 nitrogen and oxygen atoms in total. The third-order valence-corrected chi connectivity index (χ3v) is 5.28. The van der Waals surface area contributed by atoms with Gasteiger partial charge in [0.25, 0.3) is 5.91 Å². The number of carbonyl (C=O) groups excluding carboxylic acids is 1. The van der Waals surface area contributed by atoms with Crippen LogP contribution in [0.5, 0.6) is 0 Å². The summed E-state index contributed by atoms with van der Waals surface area (Å²) < 4.78 is 25.6. The Balaban J connectivity index is 1.62. The van der Waals surface area contributed by atoms with Crippen molar-refractivity contribution in [1.82, 2.24) is 20.0 Å². The van der Waals surface area contributed by atoms with Crippen LogP contribution in [0.1, 0.15) is 40.5 Å². The summed E-state index contributed by atoms with van der Waals surface area (Å²) in [5.74, 6) is -0.665. The minimum absolute atomic E-state index is 0.176. The van der Waals surface area contributed by atoms with E-state index in [0.29, 0.717) is 31.3 Å². The van der Waals surface area contributed by atoms with Gasteiger partial charge in [0.05, 0.1) is 18.4 Å². The van der Waals surface area contributed by atoms with Crippen LogP contribution >= 0.6 is 11.3 Å². The van der Waals surface area contributed by atoms with Gasteiger partial charge in [0.1, 0.15) is 5.82 Å². The number of thiazole rings is 1. The summed E-state index contributed by atoms with van der Waals surface area (Å²) in [5, 5.41) is 11.1. The van der Waals surface area contributed by atoms with E-state index in [9.17, 15) is 9.18 Å². The Morgan fingerprint density at radius 2 is 1.93 bits per heavy atom. The van der Waals surface area contributed by atoms with E-state index in [4.69, 9.17) is 9.47 Å². The van der Waals surface area contributed by atoms with Crippen LogP contribution in [0.3, 0.4) is 0 Å². The summed E-state index contributed by atoms with van der Waals surface area (Å²) in [6, 6.07) is 6.34. The fraction of sp³-hybridized carbons (Fsp3) is 0.400. The second-order valence-corrected chi connectivity index (χ2v) is 7.53. The predicted molar refractivity (Wildman–Crippen MR) is 111 cm³/mol. The molecule has 0 spiro atoms. The molecule has 0 unspecified atom stereocenters. The standard InChI is InChI=1S/C20H24FN5O3S/c1-4-28-18(29-5-2)12-26-11-16(24-25-26)19(27)23-20-22-13(3)17(30-20)10-14-6-8-15(21)9-7-14/h6-9,11,18H,4-5,10,12H2,1-3H3,(H,22,23,27). The Bertz CT molecular complexity index is 967. The number of halogens is 1. The van der Waals surface area contributed by atoms with Crippen molar-refractivity contribution in [2.75, 3.05) is 18.5 Å². The van der Waals surface area contributed by atoms with Crippen LogP contribution in [0.15, 0.2) is 30.5 Å². The number of hydrogen-bond acceptors (Lipinski definition) is 7. The van der Waals surface area contributed by atoms with Gasteiger partial charge in [-0.1, -0.05) is 17.3 Å². The summed E-state index contributed by atoms with van der Waals surface area (Å²) in [6.45, 7) is 6.99. The molecule has 0 fully saturated rings. The molecule has 0 bridgehead atoms. The van der Waals surface area contributed by atoms with E-state index in [1.54, 1.807) is 18.3 Å². The topological polar surface area (TPSA) is 91.2 Å². The van der Waals surface area contributed by atoms with E-state index in [0.717, 1.165) is 16.1 Å². The third kappa shape index (κ3) is 5.91. The van der Waals surface area contributed by atoms with Gasteiger partial charge in [0, 0.05) is 24.5 Å². The fourth-order valence-electron chi connectivity index (χ4n) is 2.76. The Kier molecular flexibility index (Phi) is 7.61. The maximum absolute atomic E-state index is 13.1. The molecule has 0 aliphatic rings. The predicted octanol–water partition coefficient (Wildman–Crippen LogP) is 3.42. The first-order chi connectivity index (χ1) is 14.5. The van der Waals surface area contributed by atoms with Gasteiger partial charge < -0.3 is 9.47 Å². The van der Waals surface area contributed by atoms with E-state index in [2.05, 4.69) is 20.6 Å². The van der Waals surface area contributed by atoms with E-state index in [1.807, 2.05) is 20.8 Å². The van der Waals surface area contributed by atoms with Crippen LogP contribution in [0.2, 0.25) is 0 Å². The molecule has 0 saturated carbocycles. The number of aryl methyl sites for hydroxylation is 1. The number of ether oxygens (including phenoxy) is 2. The molecule has 1 aromatic carbocycles. The van der Waals surface area contributed by atoms with Gasteiger partial charge in [-0.3, -0.25) is 10.1 Å². The third-order valence-electron chi connectivity index (χ3n) is 4.20. The molecule has 2 aromatic heterocycles. The summed E-state index contributed by atoms with van der Waals surface area (Å²) in [4.78, 5) is 17.9. The Morgan fingerprint density at radius 1 is 1.23 bits per heavy atom. The molecule has 3 aromatic rings. The van der Waals surface area contributed by atoms with E-state index >= 15 is 0 Å². The highest BCUT2D eigenvalue weighted by molar-refractivity contribution is 7.15. The molecule has 0 saturated heterocycles. The van der Waals surface area contributed by atoms with Crippen molar-refractivity contribution in [3.8, 4) is 0 Å². The van der Waals surface area contributed by atoms with Crippen LogP contribution in [0.4, 0.5) is 9.52 Å². The lowest BCUT2D eigenvalue weighted by atomic mass is 10.1. The Hall–Kier alpha value is -2.69. The van der Waals surface area contributed by atoms with Crippen molar-refractivity contribution >= 4 is 22.4 Å². The Morgan fingerprint density at radius 3 is 2.60 bits per heavy atom. The molecule has 1 N–H and O–H groups in total. The number of carbonyl (C=O) groups is 1. The molecular weight excluding hydrogens is 409 g/mol. The number of hydrogen-bond donors (Lipinski definition) is 1. The molecule has 0 radical (unpaired) electrons. The zero-order valence-corrected chi connectivity index (χ0v) is 17.9. The van der Waals surface area contributed by atoms with Crippen molar-refractivity contribution in [2.24, 2.45) is 0 Å². The maximum atomic E-state index is 13.1.